The van der Waals surface area contributed by atoms with Crippen LogP contribution in [0.1, 0.15) is 43.5 Å². The minimum atomic E-state index is -0.402. The summed E-state index contributed by atoms with van der Waals surface area (Å²) in [7, 11) is 0. The molecule has 0 spiro atoms. The molecule has 0 radical (unpaired) electrons. The molecule has 0 saturated carbocycles. The van der Waals surface area contributed by atoms with E-state index in [1.807, 2.05) is 19.9 Å². The van der Waals surface area contributed by atoms with E-state index in [0.29, 0.717) is 18.5 Å². The SMILES string of the molecule is CC(C)C(O)CCNC(=O)CCC(=O)c1ccccc1. The van der Waals surface area contributed by atoms with Crippen LogP contribution in [0.15, 0.2) is 30.3 Å². The number of Topliss-reactive ketones (excluding diaryl/α,β-unsaturated/α-hetero) is 1. The van der Waals surface area contributed by atoms with E-state index in [1.165, 1.54) is 0 Å². The van der Waals surface area contributed by atoms with Crippen LogP contribution in [0.5, 0.6) is 0 Å². The summed E-state index contributed by atoms with van der Waals surface area (Å²) in [6.45, 7) is 4.31. The highest BCUT2D eigenvalue weighted by Gasteiger charge is 2.11. The molecule has 1 aromatic carbocycles. The molecule has 4 nitrogen and oxygen atoms in total. The Morgan fingerprint density at radius 3 is 2.40 bits per heavy atom. The Balaban J connectivity index is 2.22. The topological polar surface area (TPSA) is 66.4 Å². The van der Waals surface area contributed by atoms with Crippen molar-refractivity contribution in [2.75, 3.05) is 6.54 Å². The Hall–Kier alpha value is -1.68. The standard InChI is InChI=1S/C16H23NO3/c1-12(2)14(18)10-11-17-16(20)9-8-15(19)13-6-4-3-5-7-13/h3-7,12,14,18H,8-11H2,1-2H3,(H,17,20). The van der Waals surface area contributed by atoms with E-state index < -0.39 is 6.10 Å². The fourth-order valence-corrected chi connectivity index (χ4v) is 1.78. The van der Waals surface area contributed by atoms with Crippen LogP contribution in [0.4, 0.5) is 0 Å². The predicted octanol–water partition coefficient (Wildman–Crippen LogP) is 2.17. The van der Waals surface area contributed by atoms with Crippen molar-refractivity contribution < 1.29 is 14.7 Å². The van der Waals surface area contributed by atoms with Crippen LogP contribution in [0.3, 0.4) is 0 Å². The van der Waals surface area contributed by atoms with Crippen molar-refractivity contribution in [1.82, 2.24) is 5.32 Å². The van der Waals surface area contributed by atoms with Crippen molar-refractivity contribution in [2.24, 2.45) is 5.92 Å². The molecule has 0 aliphatic rings. The molecular weight excluding hydrogens is 254 g/mol. The zero-order valence-electron chi connectivity index (χ0n) is 12.1. The molecule has 0 aliphatic carbocycles. The highest BCUT2D eigenvalue weighted by Crippen LogP contribution is 2.06. The number of carbonyl (C=O) groups is 2. The molecule has 4 heteroatoms. The summed E-state index contributed by atoms with van der Waals surface area (Å²) in [5.74, 6) is 0.0137. The lowest BCUT2D eigenvalue weighted by Gasteiger charge is -2.14. The first kappa shape index (κ1) is 16.4. The summed E-state index contributed by atoms with van der Waals surface area (Å²) in [6, 6.07) is 8.96. The van der Waals surface area contributed by atoms with Gasteiger partial charge in [-0.3, -0.25) is 9.59 Å². The predicted molar refractivity (Wildman–Crippen MR) is 78.5 cm³/mol. The maximum atomic E-state index is 11.8. The third-order valence-electron chi connectivity index (χ3n) is 3.21. The molecule has 20 heavy (non-hydrogen) atoms. The summed E-state index contributed by atoms with van der Waals surface area (Å²) in [5, 5.41) is 12.3. The highest BCUT2D eigenvalue weighted by molar-refractivity contribution is 5.97. The van der Waals surface area contributed by atoms with Crippen molar-refractivity contribution >= 4 is 11.7 Å². The molecular formula is C16H23NO3. The maximum Gasteiger partial charge on any atom is 0.220 e. The van der Waals surface area contributed by atoms with Gasteiger partial charge in [0.25, 0.3) is 0 Å². The average molecular weight is 277 g/mol. The molecule has 1 unspecified atom stereocenters. The van der Waals surface area contributed by atoms with Gasteiger partial charge in [-0.2, -0.15) is 0 Å². The molecule has 0 saturated heterocycles. The number of hydrogen-bond donors (Lipinski definition) is 2. The minimum Gasteiger partial charge on any atom is -0.393 e. The van der Waals surface area contributed by atoms with Crippen molar-refractivity contribution in [3.8, 4) is 0 Å². The third kappa shape index (κ3) is 5.97. The number of carbonyl (C=O) groups excluding carboxylic acids is 2. The van der Waals surface area contributed by atoms with E-state index in [1.54, 1.807) is 24.3 Å². The van der Waals surface area contributed by atoms with Crippen LogP contribution in [0, 0.1) is 5.92 Å². The van der Waals surface area contributed by atoms with Gasteiger partial charge in [0, 0.05) is 24.9 Å². The summed E-state index contributed by atoms with van der Waals surface area (Å²) in [4.78, 5) is 23.4. The van der Waals surface area contributed by atoms with Gasteiger partial charge in [0.1, 0.15) is 0 Å². The zero-order valence-corrected chi connectivity index (χ0v) is 12.1. The number of amides is 1. The summed E-state index contributed by atoms with van der Waals surface area (Å²) < 4.78 is 0. The van der Waals surface area contributed by atoms with Gasteiger partial charge in [0.05, 0.1) is 6.10 Å². The normalized spacial score (nSPS) is 12.2. The molecule has 1 amide bonds. The largest absolute Gasteiger partial charge is 0.393 e. The third-order valence-corrected chi connectivity index (χ3v) is 3.21. The number of aliphatic hydroxyl groups excluding tert-OH is 1. The van der Waals surface area contributed by atoms with E-state index in [4.69, 9.17) is 0 Å². The fourth-order valence-electron chi connectivity index (χ4n) is 1.78. The first-order valence-corrected chi connectivity index (χ1v) is 7.03. The second kappa shape index (κ2) is 8.48. The van der Waals surface area contributed by atoms with E-state index >= 15 is 0 Å². The van der Waals surface area contributed by atoms with E-state index in [-0.39, 0.29) is 30.4 Å². The fraction of sp³-hybridized carbons (Fsp3) is 0.500. The Bertz CT molecular complexity index is 429. The first-order valence-electron chi connectivity index (χ1n) is 7.03. The molecule has 0 aromatic heterocycles. The molecule has 110 valence electrons. The first-order chi connectivity index (χ1) is 9.50. The minimum absolute atomic E-state index is 0.0250. The Morgan fingerprint density at radius 1 is 1.15 bits per heavy atom. The second-order valence-corrected chi connectivity index (χ2v) is 5.24. The zero-order chi connectivity index (χ0) is 15.0. The quantitative estimate of drug-likeness (QED) is 0.716. The van der Waals surface area contributed by atoms with E-state index in [0.717, 1.165) is 0 Å². The highest BCUT2D eigenvalue weighted by atomic mass is 16.3. The molecule has 1 atom stereocenters. The molecule has 0 fully saturated rings. The number of rotatable bonds is 8. The van der Waals surface area contributed by atoms with Crippen LogP contribution in [0.2, 0.25) is 0 Å². The Kier molecular flexibility index (Phi) is 6.94. The van der Waals surface area contributed by atoms with Gasteiger partial charge in [-0.25, -0.2) is 0 Å². The summed E-state index contributed by atoms with van der Waals surface area (Å²) in [5.41, 5.74) is 0.635. The summed E-state index contributed by atoms with van der Waals surface area (Å²) >= 11 is 0. The van der Waals surface area contributed by atoms with E-state index in [2.05, 4.69) is 5.32 Å². The van der Waals surface area contributed by atoms with Crippen molar-refractivity contribution in [1.29, 1.82) is 0 Å². The number of aliphatic hydroxyl groups is 1. The smallest absolute Gasteiger partial charge is 0.220 e. The lowest BCUT2D eigenvalue weighted by atomic mass is 10.0. The molecule has 1 rings (SSSR count). The van der Waals surface area contributed by atoms with Crippen molar-refractivity contribution in [3.63, 3.8) is 0 Å². The van der Waals surface area contributed by atoms with Gasteiger partial charge in [0.2, 0.25) is 5.91 Å². The number of ketones is 1. The van der Waals surface area contributed by atoms with Gasteiger partial charge in [0.15, 0.2) is 5.78 Å². The maximum absolute atomic E-state index is 11.8. The Morgan fingerprint density at radius 2 is 1.80 bits per heavy atom. The summed E-state index contributed by atoms with van der Waals surface area (Å²) in [6.07, 6.45) is 0.533. The molecule has 0 heterocycles. The lowest BCUT2D eigenvalue weighted by molar-refractivity contribution is -0.121. The van der Waals surface area contributed by atoms with Gasteiger partial charge in [-0.1, -0.05) is 44.2 Å². The number of hydrogen-bond acceptors (Lipinski definition) is 3. The molecule has 1 aromatic rings. The average Bonchev–Trinajstić information content (AvgIpc) is 2.45. The monoisotopic (exact) mass is 277 g/mol. The van der Waals surface area contributed by atoms with Crippen LogP contribution in [0.25, 0.3) is 0 Å². The number of benzene rings is 1. The van der Waals surface area contributed by atoms with Gasteiger partial charge < -0.3 is 10.4 Å². The molecule has 2 N–H and O–H groups in total. The number of nitrogens with one attached hydrogen (secondary N) is 1. The van der Waals surface area contributed by atoms with Gasteiger partial charge >= 0.3 is 0 Å². The van der Waals surface area contributed by atoms with Crippen LogP contribution >= 0.6 is 0 Å². The van der Waals surface area contributed by atoms with Crippen LogP contribution in [-0.4, -0.2) is 29.4 Å². The molecule has 0 bridgehead atoms. The van der Waals surface area contributed by atoms with Gasteiger partial charge in [-0.05, 0) is 12.3 Å². The van der Waals surface area contributed by atoms with Gasteiger partial charge in [-0.15, -0.1) is 0 Å². The van der Waals surface area contributed by atoms with Crippen molar-refractivity contribution in [3.05, 3.63) is 35.9 Å². The molecule has 0 aliphatic heterocycles. The lowest BCUT2D eigenvalue weighted by Crippen LogP contribution is -2.28. The second-order valence-electron chi connectivity index (χ2n) is 5.24. The van der Waals surface area contributed by atoms with Crippen molar-refractivity contribution in [2.45, 2.75) is 39.2 Å². The van der Waals surface area contributed by atoms with Crippen LogP contribution in [-0.2, 0) is 4.79 Å². The van der Waals surface area contributed by atoms with E-state index in [9.17, 15) is 14.7 Å². The van der Waals surface area contributed by atoms with Crippen LogP contribution < -0.4 is 5.32 Å². The Labute approximate surface area is 120 Å².